The summed E-state index contributed by atoms with van der Waals surface area (Å²) >= 11 is 1.55. The molecule has 0 spiro atoms. The summed E-state index contributed by atoms with van der Waals surface area (Å²) in [6, 6.07) is 5.87. The molecule has 2 aromatic rings. The van der Waals surface area contributed by atoms with E-state index in [1.54, 1.807) is 11.3 Å². The first kappa shape index (κ1) is 17.0. The molecule has 1 aliphatic heterocycles. The maximum atomic E-state index is 12.6. The van der Waals surface area contributed by atoms with Crippen LogP contribution in [0.25, 0.3) is 0 Å². The maximum Gasteiger partial charge on any atom is 0.323 e. The highest BCUT2D eigenvalue weighted by atomic mass is 32.1. The molecular weight excluding hydrogens is 324 g/mol. The van der Waals surface area contributed by atoms with E-state index in [1.165, 1.54) is 0 Å². The first-order chi connectivity index (χ1) is 11.5. The van der Waals surface area contributed by atoms with Crippen LogP contribution in [-0.4, -0.2) is 38.4 Å². The highest BCUT2D eigenvalue weighted by molar-refractivity contribution is 7.10. The molecule has 2 atom stereocenters. The monoisotopic (exact) mass is 348 g/mol. The molecule has 24 heavy (non-hydrogen) atoms. The Balaban J connectivity index is 1.60. The number of aliphatic hydroxyl groups excluding tert-OH is 1. The van der Waals surface area contributed by atoms with Crippen LogP contribution in [0.3, 0.4) is 0 Å². The standard InChI is InChI=1S/C17H24N4O2S/c1-12(2)21-9-7-16(19-21)18-17(23)20-8-3-5-13(20)11-14(22)15-6-4-10-24-15/h4,6-7,9-10,12-14,22H,3,5,8,11H2,1-2H3,(H,18,19,23)/t13-,14+/m1/s1. The van der Waals surface area contributed by atoms with E-state index < -0.39 is 6.10 Å². The summed E-state index contributed by atoms with van der Waals surface area (Å²) in [6.45, 7) is 4.81. The summed E-state index contributed by atoms with van der Waals surface area (Å²) in [5.41, 5.74) is 0. The van der Waals surface area contributed by atoms with Crippen molar-refractivity contribution >= 4 is 23.2 Å². The molecule has 0 bridgehead atoms. The van der Waals surface area contributed by atoms with E-state index in [9.17, 15) is 9.90 Å². The Morgan fingerprint density at radius 2 is 2.33 bits per heavy atom. The van der Waals surface area contributed by atoms with Gasteiger partial charge in [-0.3, -0.25) is 10.00 Å². The molecule has 0 aliphatic carbocycles. The molecule has 3 heterocycles. The maximum absolute atomic E-state index is 12.6. The summed E-state index contributed by atoms with van der Waals surface area (Å²) in [5.74, 6) is 0.568. The summed E-state index contributed by atoms with van der Waals surface area (Å²) in [7, 11) is 0. The normalized spacial score (nSPS) is 19.0. The fourth-order valence-corrected chi connectivity index (χ4v) is 3.80. The Morgan fingerprint density at radius 1 is 1.50 bits per heavy atom. The molecule has 0 unspecified atom stereocenters. The van der Waals surface area contributed by atoms with Crippen molar-refractivity contribution in [3.63, 3.8) is 0 Å². The molecule has 3 rings (SSSR count). The van der Waals surface area contributed by atoms with Gasteiger partial charge in [0.05, 0.1) is 6.10 Å². The lowest BCUT2D eigenvalue weighted by Gasteiger charge is -2.26. The second-order valence-electron chi connectivity index (χ2n) is 6.46. The minimum absolute atomic E-state index is 0.0642. The number of hydrogen-bond donors (Lipinski definition) is 2. The molecule has 0 aromatic carbocycles. The lowest BCUT2D eigenvalue weighted by atomic mass is 10.1. The van der Waals surface area contributed by atoms with Crippen molar-refractivity contribution in [1.82, 2.24) is 14.7 Å². The predicted molar refractivity (Wildman–Crippen MR) is 95.3 cm³/mol. The summed E-state index contributed by atoms with van der Waals surface area (Å²) < 4.78 is 1.82. The van der Waals surface area contributed by atoms with E-state index in [0.29, 0.717) is 12.2 Å². The molecule has 1 saturated heterocycles. The highest BCUT2D eigenvalue weighted by Crippen LogP contribution is 2.29. The van der Waals surface area contributed by atoms with Crippen molar-refractivity contribution < 1.29 is 9.90 Å². The molecule has 2 aromatic heterocycles. The third-order valence-corrected chi connectivity index (χ3v) is 5.35. The molecular formula is C17H24N4O2S. The molecule has 2 N–H and O–H groups in total. The molecule has 130 valence electrons. The summed E-state index contributed by atoms with van der Waals surface area (Å²) in [4.78, 5) is 15.3. The van der Waals surface area contributed by atoms with Crippen LogP contribution >= 0.6 is 11.3 Å². The molecule has 0 radical (unpaired) electrons. The number of carbonyl (C=O) groups is 1. The topological polar surface area (TPSA) is 70.4 Å². The molecule has 1 fully saturated rings. The van der Waals surface area contributed by atoms with Crippen molar-refractivity contribution in [1.29, 1.82) is 0 Å². The average Bonchev–Trinajstić information content (AvgIpc) is 3.28. The number of aliphatic hydroxyl groups is 1. The summed E-state index contributed by atoms with van der Waals surface area (Å²) in [5, 5.41) is 19.6. The van der Waals surface area contributed by atoms with Gasteiger partial charge in [-0.2, -0.15) is 5.10 Å². The molecule has 6 nitrogen and oxygen atoms in total. The minimum atomic E-state index is -0.511. The largest absolute Gasteiger partial charge is 0.387 e. The zero-order chi connectivity index (χ0) is 17.1. The number of rotatable bonds is 5. The van der Waals surface area contributed by atoms with E-state index in [0.717, 1.165) is 24.3 Å². The number of amides is 2. The van der Waals surface area contributed by atoms with E-state index in [1.807, 2.05) is 53.2 Å². The number of nitrogens with one attached hydrogen (secondary N) is 1. The second kappa shape index (κ2) is 7.36. The van der Waals surface area contributed by atoms with E-state index in [2.05, 4.69) is 10.4 Å². The van der Waals surface area contributed by atoms with Crippen LogP contribution in [0.2, 0.25) is 0 Å². The van der Waals surface area contributed by atoms with E-state index in [4.69, 9.17) is 0 Å². The SMILES string of the molecule is CC(C)n1ccc(NC(=O)N2CCC[C@@H]2C[C@H](O)c2cccs2)n1. The second-order valence-corrected chi connectivity index (χ2v) is 7.44. The van der Waals surface area contributed by atoms with Crippen LogP contribution in [0.5, 0.6) is 0 Å². The van der Waals surface area contributed by atoms with Gasteiger partial charge >= 0.3 is 6.03 Å². The Morgan fingerprint density at radius 3 is 3.00 bits per heavy atom. The Bertz CT molecular complexity index is 668. The first-order valence-electron chi connectivity index (χ1n) is 8.39. The number of likely N-dealkylation sites (tertiary alicyclic amines) is 1. The number of thiophene rings is 1. The van der Waals surface area contributed by atoms with Crippen LogP contribution in [0.15, 0.2) is 29.8 Å². The first-order valence-corrected chi connectivity index (χ1v) is 9.27. The van der Waals surface area contributed by atoms with Crippen molar-refractivity contribution in [2.45, 2.75) is 51.3 Å². The Labute approximate surface area is 146 Å². The zero-order valence-corrected chi connectivity index (χ0v) is 14.9. The smallest absolute Gasteiger partial charge is 0.323 e. The van der Waals surface area contributed by atoms with Gasteiger partial charge in [0.1, 0.15) is 0 Å². The number of hydrogen-bond acceptors (Lipinski definition) is 4. The highest BCUT2D eigenvalue weighted by Gasteiger charge is 2.31. The van der Waals surface area contributed by atoms with Gasteiger partial charge in [0.25, 0.3) is 0 Å². The van der Waals surface area contributed by atoms with Gasteiger partial charge in [-0.25, -0.2) is 4.79 Å². The number of urea groups is 1. The quantitative estimate of drug-likeness (QED) is 0.866. The van der Waals surface area contributed by atoms with Crippen LogP contribution in [0, 0.1) is 0 Å². The fourth-order valence-electron chi connectivity index (χ4n) is 3.08. The number of anilines is 1. The van der Waals surface area contributed by atoms with Crippen molar-refractivity contribution in [3.05, 3.63) is 34.7 Å². The third-order valence-electron chi connectivity index (χ3n) is 4.38. The number of carbonyl (C=O) groups excluding carboxylic acids is 1. The van der Waals surface area contributed by atoms with E-state index in [-0.39, 0.29) is 18.1 Å². The van der Waals surface area contributed by atoms with Gasteiger partial charge in [0.2, 0.25) is 0 Å². The van der Waals surface area contributed by atoms with Crippen molar-refractivity contribution in [3.8, 4) is 0 Å². The molecule has 1 aliphatic rings. The zero-order valence-electron chi connectivity index (χ0n) is 14.1. The van der Waals surface area contributed by atoms with Gasteiger partial charge in [-0.1, -0.05) is 6.07 Å². The number of aromatic nitrogens is 2. The van der Waals surface area contributed by atoms with E-state index >= 15 is 0 Å². The predicted octanol–water partition coefficient (Wildman–Crippen LogP) is 3.65. The van der Waals surface area contributed by atoms with Crippen LogP contribution < -0.4 is 5.32 Å². The third kappa shape index (κ3) is 3.79. The molecule has 2 amide bonds. The minimum Gasteiger partial charge on any atom is -0.387 e. The van der Waals surface area contributed by atoms with Gasteiger partial charge in [0.15, 0.2) is 5.82 Å². The van der Waals surface area contributed by atoms with Gasteiger partial charge in [-0.15, -0.1) is 11.3 Å². The van der Waals surface area contributed by atoms with Crippen LogP contribution in [0.1, 0.15) is 50.1 Å². The number of nitrogens with zero attached hydrogens (tertiary/aromatic N) is 3. The average molecular weight is 348 g/mol. The summed E-state index contributed by atoms with van der Waals surface area (Å²) in [6.07, 6.45) is 3.83. The molecule has 7 heteroatoms. The fraction of sp³-hybridized carbons (Fsp3) is 0.529. The van der Waals surface area contributed by atoms with Crippen molar-refractivity contribution in [2.75, 3.05) is 11.9 Å². The van der Waals surface area contributed by atoms with Crippen LogP contribution in [-0.2, 0) is 0 Å². The Hall–Kier alpha value is -1.86. The Kier molecular flexibility index (Phi) is 5.20. The van der Waals surface area contributed by atoms with Gasteiger partial charge in [-0.05, 0) is 44.6 Å². The van der Waals surface area contributed by atoms with Gasteiger partial charge < -0.3 is 10.0 Å². The lowest BCUT2D eigenvalue weighted by Crippen LogP contribution is -2.39. The van der Waals surface area contributed by atoms with Crippen LogP contribution in [0.4, 0.5) is 10.6 Å². The molecule has 0 saturated carbocycles. The van der Waals surface area contributed by atoms with Crippen molar-refractivity contribution in [2.24, 2.45) is 0 Å². The lowest BCUT2D eigenvalue weighted by molar-refractivity contribution is 0.132. The van der Waals surface area contributed by atoms with Gasteiger partial charge in [0, 0.05) is 35.8 Å².